The Morgan fingerprint density at radius 3 is 2.45 bits per heavy atom. The number of nitrogens with zero attached hydrogens (tertiary/aromatic N) is 1. The van der Waals surface area contributed by atoms with Gasteiger partial charge in [-0.15, -0.1) is 0 Å². The Bertz CT molecular complexity index is 1310. The first-order valence-corrected chi connectivity index (χ1v) is 10.9. The van der Waals surface area contributed by atoms with Crippen molar-refractivity contribution in [2.45, 2.75) is 6.61 Å². The van der Waals surface area contributed by atoms with E-state index in [1.165, 1.54) is 0 Å². The van der Waals surface area contributed by atoms with Gasteiger partial charge in [0.25, 0.3) is 5.91 Å². The summed E-state index contributed by atoms with van der Waals surface area (Å²) in [6, 6.07) is 23.9. The number of amides is 1. The van der Waals surface area contributed by atoms with E-state index in [1.807, 2.05) is 36.4 Å². The predicted octanol–water partition coefficient (Wildman–Crippen LogP) is 6.50. The van der Waals surface area contributed by atoms with Gasteiger partial charge in [0, 0.05) is 21.2 Å². The van der Waals surface area contributed by atoms with E-state index in [-0.39, 0.29) is 12.5 Å². The Balaban J connectivity index is 1.44. The number of rotatable bonds is 7. The van der Waals surface area contributed by atoms with Crippen molar-refractivity contribution in [2.75, 3.05) is 7.11 Å². The lowest BCUT2D eigenvalue weighted by atomic mass is 10.0. The Hall–Kier alpha value is -3.54. The number of carbonyl (C=O) groups excluding carboxylic acids is 1. The molecule has 1 N–H and O–H groups in total. The van der Waals surface area contributed by atoms with Gasteiger partial charge in [-0.3, -0.25) is 4.79 Å². The molecule has 0 fully saturated rings. The standard InChI is InChI=1S/C26H20Cl2N2O3/c1-32-25-14-17(12-13-24(25)33-16-21-22(27)10-5-11-23(21)28)15-29-30-26(31)20-9-4-7-18-6-2-3-8-19(18)20/h2-15H,16H2,1H3,(H,30,31)/b29-15-. The van der Waals surface area contributed by atoms with E-state index in [4.69, 9.17) is 32.7 Å². The van der Waals surface area contributed by atoms with Crippen LogP contribution in [0.1, 0.15) is 21.5 Å². The molecule has 0 aromatic heterocycles. The summed E-state index contributed by atoms with van der Waals surface area (Å²) in [5.74, 6) is 0.763. The molecule has 5 nitrogen and oxygen atoms in total. The van der Waals surface area contributed by atoms with E-state index in [9.17, 15) is 4.79 Å². The smallest absolute Gasteiger partial charge is 0.271 e. The van der Waals surface area contributed by atoms with E-state index < -0.39 is 0 Å². The summed E-state index contributed by atoms with van der Waals surface area (Å²) in [6.07, 6.45) is 1.54. The van der Waals surface area contributed by atoms with E-state index >= 15 is 0 Å². The molecule has 4 aromatic carbocycles. The van der Waals surface area contributed by atoms with Crippen LogP contribution in [0.2, 0.25) is 10.0 Å². The fourth-order valence-electron chi connectivity index (χ4n) is 3.35. The molecule has 0 spiro atoms. The maximum absolute atomic E-state index is 12.6. The van der Waals surface area contributed by atoms with Gasteiger partial charge >= 0.3 is 0 Å². The molecule has 7 heteroatoms. The third kappa shape index (κ3) is 5.28. The van der Waals surface area contributed by atoms with Crippen LogP contribution < -0.4 is 14.9 Å². The Labute approximate surface area is 201 Å². The average Bonchev–Trinajstić information content (AvgIpc) is 2.83. The summed E-state index contributed by atoms with van der Waals surface area (Å²) in [5, 5.41) is 7.02. The molecule has 166 valence electrons. The zero-order chi connectivity index (χ0) is 23.2. The van der Waals surface area contributed by atoms with Crippen LogP contribution in [0.3, 0.4) is 0 Å². The van der Waals surface area contributed by atoms with Gasteiger partial charge in [-0.1, -0.05) is 65.7 Å². The van der Waals surface area contributed by atoms with E-state index in [0.29, 0.717) is 32.7 Å². The van der Waals surface area contributed by atoms with Gasteiger partial charge in [0.05, 0.1) is 13.3 Å². The molecule has 0 bridgehead atoms. The van der Waals surface area contributed by atoms with Gasteiger partial charge in [-0.05, 0) is 52.7 Å². The number of fused-ring (bicyclic) bond motifs is 1. The highest BCUT2D eigenvalue weighted by Gasteiger charge is 2.11. The number of halogens is 2. The first-order valence-electron chi connectivity index (χ1n) is 10.1. The van der Waals surface area contributed by atoms with Crippen molar-refractivity contribution in [3.63, 3.8) is 0 Å². The third-order valence-corrected chi connectivity index (χ3v) is 5.74. The fraction of sp³-hybridized carbons (Fsp3) is 0.0769. The second-order valence-electron chi connectivity index (χ2n) is 7.13. The van der Waals surface area contributed by atoms with Crippen molar-refractivity contribution in [3.8, 4) is 11.5 Å². The second kappa shape index (κ2) is 10.4. The molecule has 0 atom stereocenters. The molecule has 0 aliphatic carbocycles. The number of carbonyl (C=O) groups is 1. The van der Waals surface area contributed by atoms with Crippen LogP contribution in [0.25, 0.3) is 10.8 Å². The lowest BCUT2D eigenvalue weighted by Crippen LogP contribution is -2.17. The molecule has 0 unspecified atom stereocenters. The lowest BCUT2D eigenvalue weighted by Gasteiger charge is -2.13. The van der Waals surface area contributed by atoms with Crippen LogP contribution in [0, 0.1) is 0 Å². The molecule has 0 radical (unpaired) electrons. The molecule has 0 heterocycles. The summed E-state index contributed by atoms with van der Waals surface area (Å²) in [6.45, 7) is 0.198. The highest BCUT2D eigenvalue weighted by Crippen LogP contribution is 2.31. The fourth-order valence-corrected chi connectivity index (χ4v) is 3.86. The van der Waals surface area contributed by atoms with Crippen LogP contribution >= 0.6 is 23.2 Å². The summed E-state index contributed by atoms with van der Waals surface area (Å²) < 4.78 is 11.3. The maximum Gasteiger partial charge on any atom is 0.271 e. The van der Waals surface area contributed by atoms with Crippen molar-refractivity contribution in [1.29, 1.82) is 0 Å². The van der Waals surface area contributed by atoms with E-state index in [1.54, 1.807) is 55.8 Å². The van der Waals surface area contributed by atoms with Crippen molar-refractivity contribution >= 4 is 46.1 Å². The van der Waals surface area contributed by atoms with Crippen LogP contribution in [-0.2, 0) is 6.61 Å². The second-order valence-corrected chi connectivity index (χ2v) is 7.94. The number of benzene rings is 4. The SMILES string of the molecule is COc1cc(/C=N\NC(=O)c2cccc3ccccc23)ccc1OCc1c(Cl)cccc1Cl. The predicted molar refractivity (Wildman–Crippen MR) is 133 cm³/mol. The number of hydrogen-bond acceptors (Lipinski definition) is 4. The van der Waals surface area contributed by atoms with Crippen molar-refractivity contribution in [2.24, 2.45) is 5.10 Å². The van der Waals surface area contributed by atoms with Crippen LogP contribution in [-0.4, -0.2) is 19.2 Å². The highest BCUT2D eigenvalue weighted by molar-refractivity contribution is 6.35. The molecule has 0 aliphatic rings. The first kappa shape index (κ1) is 22.6. The zero-order valence-electron chi connectivity index (χ0n) is 17.7. The van der Waals surface area contributed by atoms with E-state index in [2.05, 4.69) is 10.5 Å². The molecule has 33 heavy (non-hydrogen) atoms. The molecule has 0 aliphatic heterocycles. The van der Waals surface area contributed by atoms with E-state index in [0.717, 1.165) is 16.3 Å². The summed E-state index contributed by atoms with van der Waals surface area (Å²) in [4.78, 5) is 12.6. The number of nitrogens with one attached hydrogen (secondary N) is 1. The Morgan fingerprint density at radius 1 is 0.939 bits per heavy atom. The minimum Gasteiger partial charge on any atom is -0.493 e. The normalized spacial score (nSPS) is 11.0. The minimum absolute atomic E-state index is 0.198. The van der Waals surface area contributed by atoms with Crippen molar-refractivity contribution in [3.05, 3.63) is 106 Å². The molecular weight excluding hydrogens is 459 g/mol. The maximum atomic E-state index is 12.6. The molecule has 4 rings (SSSR count). The Morgan fingerprint density at radius 2 is 1.67 bits per heavy atom. The minimum atomic E-state index is -0.286. The topological polar surface area (TPSA) is 59.9 Å². The lowest BCUT2D eigenvalue weighted by molar-refractivity contribution is 0.0957. The Kier molecular flexibility index (Phi) is 7.13. The van der Waals surface area contributed by atoms with Crippen LogP contribution in [0.5, 0.6) is 11.5 Å². The van der Waals surface area contributed by atoms with Gasteiger partial charge in [-0.2, -0.15) is 5.10 Å². The summed E-state index contributed by atoms with van der Waals surface area (Å²) in [5.41, 5.74) is 4.57. The third-order valence-electron chi connectivity index (χ3n) is 5.04. The van der Waals surface area contributed by atoms with Gasteiger partial charge in [0.15, 0.2) is 11.5 Å². The molecule has 0 saturated heterocycles. The highest BCUT2D eigenvalue weighted by atomic mass is 35.5. The average molecular weight is 479 g/mol. The zero-order valence-corrected chi connectivity index (χ0v) is 19.2. The van der Waals surface area contributed by atoms with Crippen LogP contribution in [0.4, 0.5) is 0 Å². The number of ether oxygens (including phenoxy) is 2. The summed E-state index contributed by atoms with van der Waals surface area (Å²) in [7, 11) is 1.55. The molecule has 0 saturated carbocycles. The van der Waals surface area contributed by atoms with Gasteiger partial charge < -0.3 is 9.47 Å². The largest absolute Gasteiger partial charge is 0.493 e. The molecular formula is C26H20Cl2N2O3. The van der Waals surface area contributed by atoms with Gasteiger partial charge in [0.1, 0.15) is 6.61 Å². The number of methoxy groups -OCH3 is 1. The van der Waals surface area contributed by atoms with Crippen molar-refractivity contribution in [1.82, 2.24) is 5.43 Å². The first-order chi connectivity index (χ1) is 16.1. The number of hydrogen-bond donors (Lipinski definition) is 1. The molecule has 1 amide bonds. The van der Waals surface area contributed by atoms with Gasteiger partial charge in [0.2, 0.25) is 0 Å². The van der Waals surface area contributed by atoms with Gasteiger partial charge in [-0.25, -0.2) is 5.43 Å². The quantitative estimate of drug-likeness (QED) is 0.243. The molecule has 4 aromatic rings. The van der Waals surface area contributed by atoms with Crippen molar-refractivity contribution < 1.29 is 14.3 Å². The number of hydrazone groups is 1. The monoisotopic (exact) mass is 478 g/mol. The van der Waals surface area contributed by atoms with Crippen LogP contribution in [0.15, 0.2) is 84.0 Å². The summed E-state index contributed by atoms with van der Waals surface area (Å²) >= 11 is 12.4.